The first-order valence-corrected chi connectivity index (χ1v) is 29.7. The van der Waals surface area contributed by atoms with Crippen LogP contribution in [0.5, 0.6) is 0 Å². The van der Waals surface area contributed by atoms with Gasteiger partial charge < -0.3 is 37.1 Å². The average Bonchev–Trinajstić information content (AvgIpc) is 3.40. The van der Waals surface area contributed by atoms with Crippen molar-refractivity contribution >= 4 is 18.5 Å². The van der Waals surface area contributed by atoms with Crippen LogP contribution in [0, 0.1) is 48.4 Å². The Morgan fingerprint density at radius 3 is 1.35 bits per heavy atom. The smallest absolute Gasteiger partial charge is 0.229 e. The number of primary amides is 1. The Morgan fingerprint density at radius 1 is 0.797 bits per heavy atom. The zero-order valence-electron chi connectivity index (χ0n) is 58.2. The van der Waals surface area contributed by atoms with Gasteiger partial charge in [-0.05, 0) is 158 Å². The highest BCUT2D eigenvalue weighted by Crippen LogP contribution is 2.31. The van der Waals surface area contributed by atoms with E-state index in [0.717, 1.165) is 56.4 Å². The Hall–Kier alpha value is -3.79. The lowest BCUT2D eigenvalue weighted by Gasteiger charge is -2.26. The largest absolute Gasteiger partial charge is 0.372 e. The van der Waals surface area contributed by atoms with Crippen LogP contribution in [0.4, 0.5) is 0 Å². The number of unbranched alkanes of at least 4 members (excludes halogenated alkanes) is 2. The summed E-state index contributed by atoms with van der Waals surface area (Å²) in [6.07, 6.45) is 29.8. The molecule has 1 aromatic carbocycles. The second-order valence-electron chi connectivity index (χ2n) is 20.9. The molecule has 79 heavy (non-hydrogen) atoms. The number of ketones is 1. The van der Waals surface area contributed by atoms with Crippen molar-refractivity contribution in [1.82, 2.24) is 20.9 Å². The van der Waals surface area contributed by atoms with Crippen molar-refractivity contribution in [2.75, 3.05) is 62.4 Å². The summed E-state index contributed by atoms with van der Waals surface area (Å²) in [5, 5.41) is 8.97. The molecule has 3 unspecified atom stereocenters. The molecule has 1 amide bonds. The Kier molecular flexibility index (Phi) is 131. The van der Waals surface area contributed by atoms with Crippen molar-refractivity contribution in [1.29, 1.82) is 0 Å². The highest BCUT2D eigenvalue weighted by molar-refractivity contribution is 5.91. The monoisotopic (exact) mass is 1130 g/mol. The number of carbonyl (C=O) groups excluding carboxylic acids is 3. The molecule has 1 saturated carbocycles. The number of rotatable bonds is 17. The van der Waals surface area contributed by atoms with Crippen LogP contribution in [-0.2, 0) is 20.8 Å². The van der Waals surface area contributed by atoms with Gasteiger partial charge in [-0.15, -0.1) is 38.7 Å². The lowest BCUT2D eigenvalue weighted by atomic mass is 9.80. The Bertz CT molecular complexity index is 1380. The number of aldehydes is 1. The van der Waals surface area contributed by atoms with E-state index in [2.05, 4.69) is 168 Å². The summed E-state index contributed by atoms with van der Waals surface area (Å²) in [5.74, 6) is 6.09. The summed E-state index contributed by atoms with van der Waals surface area (Å²) >= 11 is 0. The molecule has 2 rings (SSSR count). The highest BCUT2D eigenvalue weighted by atomic mass is 16.2. The van der Waals surface area contributed by atoms with Gasteiger partial charge in [-0.25, -0.2) is 0 Å². The maximum Gasteiger partial charge on any atom is 0.229 e. The average molecular weight is 1130 g/mol. The summed E-state index contributed by atoms with van der Waals surface area (Å²) in [4.78, 5) is 51.9. The second-order valence-corrected chi connectivity index (χ2v) is 20.9. The third-order valence-corrected chi connectivity index (χ3v) is 10.1. The SMILES string of the molecule is C#CCCC(C)NC.C=C.C=C(C)C(C)=O.C=CC.C=CC.CC(C)(C)C.CCC.CCC(C)C1CCCCC1.CCC(C)CNC.CCCCC.CCc1c(C)c(=O)c1=O.CN.CNC.C[C@H](CC=O)CCN(C)C.NC=O. The van der Waals surface area contributed by atoms with Gasteiger partial charge in [0.25, 0.3) is 0 Å². The van der Waals surface area contributed by atoms with Crippen LogP contribution >= 0.6 is 0 Å². The fraction of sp³-hybridized carbons (Fsp3) is 0.750. The van der Waals surface area contributed by atoms with Gasteiger partial charge in [0.1, 0.15) is 6.29 Å². The van der Waals surface area contributed by atoms with Crippen LogP contribution in [0.2, 0.25) is 0 Å². The van der Waals surface area contributed by atoms with E-state index in [4.69, 9.17) is 11.2 Å². The minimum atomic E-state index is -0.299. The Balaban J connectivity index is -0.0000000552. The summed E-state index contributed by atoms with van der Waals surface area (Å²) < 4.78 is 0. The molecule has 11 nitrogen and oxygen atoms in total. The van der Waals surface area contributed by atoms with Crippen LogP contribution in [0.1, 0.15) is 239 Å². The molecule has 1 fully saturated rings. The molecule has 0 saturated heterocycles. The van der Waals surface area contributed by atoms with Gasteiger partial charge in [-0.1, -0.05) is 186 Å². The van der Waals surface area contributed by atoms with Gasteiger partial charge in [0.15, 0.2) is 5.78 Å². The van der Waals surface area contributed by atoms with Crippen LogP contribution in [0.15, 0.2) is 60.2 Å². The summed E-state index contributed by atoms with van der Waals surface area (Å²) in [6, 6.07) is 0.561. The molecule has 1 aliphatic carbocycles. The molecule has 476 valence electrons. The summed E-state index contributed by atoms with van der Waals surface area (Å²) in [7, 11) is 13.3. The molecule has 7 N–H and O–H groups in total. The Morgan fingerprint density at radius 2 is 1.16 bits per heavy atom. The van der Waals surface area contributed by atoms with Crippen molar-refractivity contribution in [2.45, 2.75) is 247 Å². The number of hydrogen-bond donors (Lipinski definition) is 5. The number of carbonyl (C=O) groups is 3. The number of amides is 1. The van der Waals surface area contributed by atoms with E-state index >= 15 is 0 Å². The predicted octanol–water partition coefficient (Wildman–Crippen LogP) is 15.7. The number of nitrogens with one attached hydrogen (secondary N) is 3. The first-order valence-electron chi connectivity index (χ1n) is 29.7. The standard InChI is InChI=1S/C10H20.C8H17NO.C7H13N.C7H8O2.C6H15N.C5H8O.2C5H12.C3H8.2C3H6.C2H7N.C2H4.CH3NO.CH5N/c1-3-9(2)10-7-5-4-6-8-10;1-8(5-7-10)4-6-9(2)3;1-4-5-6-7(2)8-3;1-3-5-4(2)6(8)7(5)9;1-4-6(2)5-7-3;1-4(2)5(3)6;1-5(2,3)4;1-3-5-4-2;4*1-3-2;1-2;2-1-3;1-2/h9-10H,3-8H2,1-2H3;7-8H,4-6H2,1-3H3;1,7-8H,5-6H2,2-3H3;3H2,1-2H3;6-7H,4-5H2,1-3H3;1H2,2-3H3;1-4H3;3-5H2,1-2H3;3H2,1-2H3;2*3H,1H2,2H3;3H,1-2H3;1-2H2;1H,(H2,2,3);2H2,1H3/t;8-;;;;;;;;;;;;;/m.0............./s1. The number of nitrogens with zero attached hydrogens (tertiary/aromatic N) is 1. The van der Waals surface area contributed by atoms with Crippen molar-refractivity contribution in [3.8, 4) is 12.3 Å². The lowest BCUT2D eigenvalue weighted by Crippen LogP contribution is -2.37. The maximum atomic E-state index is 10.6. The van der Waals surface area contributed by atoms with Gasteiger partial charge >= 0.3 is 0 Å². The van der Waals surface area contributed by atoms with Gasteiger partial charge in [0.05, 0.1) is 0 Å². The first kappa shape index (κ1) is 107. The third kappa shape index (κ3) is 137. The van der Waals surface area contributed by atoms with Gasteiger partial charge in [-0.3, -0.25) is 19.2 Å². The van der Waals surface area contributed by atoms with E-state index in [9.17, 15) is 19.2 Å². The molecular weight excluding hydrogens is 981 g/mol. The van der Waals surface area contributed by atoms with Crippen LogP contribution in [-0.4, -0.2) is 91.8 Å². The molecule has 0 radical (unpaired) electrons. The van der Waals surface area contributed by atoms with Crippen LogP contribution in [0.3, 0.4) is 0 Å². The van der Waals surface area contributed by atoms with E-state index in [1.165, 1.54) is 84.6 Å². The molecule has 11 heteroatoms. The first-order chi connectivity index (χ1) is 36.9. The molecule has 1 aromatic rings. The molecular formula is C68H144N6O5. The van der Waals surface area contributed by atoms with Crippen LogP contribution in [0.25, 0.3) is 0 Å². The molecule has 4 atom stereocenters. The summed E-state index contributed by atoms with van der Waals surface area (Å²) in [5.41, 5.74) is 10.6. The maximum absolute atomic E-state index is 10.6. The second kappa shape index (κ2) is 96.5. The fourth-order valence-corrected chi connectivity index (χ4v) is 5.07. The topological polar surface area (TPSA) is 177 Å². The molecule has 0 bridgehead atoms. The van der Waals surface area contributed by atoms with E-state index in [1.807, 2.05) is 63.1 Å². The van der Waals surface area contributed by atoms with E-state index in [0.29, 0.717) is 46.9 Å². The fourth-order valence-electron chi connectivity index (χ4n) is 5.07. The number of allylic oxidation sites excluding steroid dienone is 3. The normalized spacial score (nSPS) is 11.5. The minimum absolute atomic E-state index is 0.0648. The van der Waals surface area contributed by atoms with Crippen molar-refractivity contribution in [2.24, 2.45) is 40.6 Å². The van der Waals surface area contributed by atoms with Gasteiger partial charge in [0.2, 0.25) is 17.3 Å². The molecule has 0 heterocycles. The lowest BCUT2D eigenvalue weighted by molar-refractivity contribution is -0.113. The van der Waals surface area contributed by atoms with Gasteiger partial charge in [0, 0.05) is 30.0 Å². The predicted molar refractivity (Wildman–Crippen MR) is 365 cm³/mol. The van der Waals surface area contributed by atoms with E-state index < -0.39 is 0 Å². The quantitative estimate of drug-likeness (QED) is 0.0332. The Labute approximate surface area is 496 Å². The molecule has 0 aromatic heterocycles. The number of Topliss-reactive ketones (excluding diaryl/α,β-unsaturated/α-hetero) is 1. The number of hydrogen-bond acceptors (Lipinski definition) is 10. The van der Waals surface area contributed by atoms with Crippen molar-refractivity contribution in [3.05, 3.63) is 82.2 Å². The zero-order valence-corrected chi connectivity index (χ0v) is 58.2. The number of terminal acetylenes is 1. The number of nitrogens with two attached hydrogens (primary N) is 2. The minimum Gasteiger partial charge on any atom is -0.372 e. The molecule has 1 aliphatic rings. The van der Waals surface area contributed by atoms with Crippen LogP contribution < -0.4 is 38.3 Å². The summed E-state index contributed by atoms with van der Waals surface area (Å²) in [6.45, 7) is 59.8. The van der Waals surface area contributed by atoms with Gasteiger partial charge in [-0.2, -0.15) is 0 Å². The molecule has 0 spiro atoms. The zero-order chi connectivity index (χ0) is 65.8. The van der Waals surface area contributed by atoms with E-state index in [1.54, 1.807) is 26.0 Å². The third-order valence-electron chi connectivity index (χ3n) is 10.1. The molecule has 0 aliphatic heterocycles. The van der Waals surface area contributed by atoms with Crippen molar-refractivity contribution in [3.63, 3.8) is 0 Å². The van der Waals surface area contributed by atoms with Crippen molar-refractivity contribution < 1.29 is 14.4 Å². The highest BCUT2D eigenvalue weighted by Gasteiger charge is 2.18. The van der Waals surface area contributed by atoms with E-state index in [-0.39, 0.29) is 23.1 Å².